The summed E-state index contributed by atoms with van der Waals surface area (Å²) < 4.78 is 0. The second-order valence-electron chi connectivity index (χ2n) is 10.6. The zero-order valence-corrected chi connectivity index (χ0v) is 21.9. The number of anilines is 1. The molecule has 2 aromatic rings. The van der Waals surface area contributed by atoms with Gasteiger partial charge in [0.05, 0.1) is 11.6 Å². The van der Waals surface area contributed by atoms with Gasteiger partial charge in [-0.2, -0.15) is 0 Å². The van der Waals surface area contributed by atoms with E-state index in [1.165, 1.54) is 11.3 Å². The molecule has 1 saturated carbocycles. The molecule has 4 rings (SSSR count). The monoisotopic (exact) mass is 474 g/mol. The van der Waals surface area contributed by atoms with Gasteiger partial charge in [0.25, 0.3) is 0 Å². The van der Waals surface area contributed by atoms with Crippen molar-refractivity contribution in [1.82, 2.24) is 4.90 Å². The number of carbonyl (C=O) groups excluding carboxylic acids is 1. The van der Waals surface area contributed by atoms with Gasteiger partial charge in [0, 0.05) is 37.3 Å². The van der Waals surface area contributed by atoms with Gasteiger partial charge in [-0.3, -0.25) is 4.79 Å². The lowest BCUT2D eigenvalue weighted by Crippen LogP contribution is -2.56. The predicted octanol–water partition coefficient (Wildman–Crippen LogP) is 6.56. The van der Waals surface area contributed by atoms with Crippen LogP contribution < -0.4 is 4.90 Å². The Morgan fingerprint density at radius 3 is 2.37 bits per heavy atom. The summed E-state index contributed by atoms with van der Waals surface area (Å²) in [6.07, 6.45) is 8.29. The minimum Gasteiger partial charge on any atom is -0.389 e. The van der Waals surface area contributed by atoms with E-state index >= 15 is 0 Å². The van der Waals surface area contributed by atoms with E-state index in [1.54, 1.807) is 6.08 Å². The number of aliphatic hydroxyl groups is 1. The summed E-state index contributed by atoms with van der Waals surface area (Å²) in [6.45, 7) is 11.2. The van der Waals surface area contributed by atoms with Gasteiger partial charge < -0.3 is 14.9 Å². The molecule has 0 spiro atoms. The largest absolute Gasteiger partial charge is 0.389 e. The molecule has 1 N–H and O–H groups in total. The Kier molecular flexibility index (Phi) is 8.01. The van der Waals surface area contributed by atoms with Crippen molar-refractivity contribution >= 4 is 17.7 Å². The quantitative estimate of drug-likeness (QED) is 0.462. The standard InChI is InChI=1S/C31H42N2O2/c1-5-32(6-2)27-17-15-26(16-18-27)30-28-9-7-8-20-31(28,35)21-22-33(30)29(34)19-12-24-10-13-25(14-11-24)23(3)4/h10-19,23,28,30,35H,5-9,20-22H2,1-4H3/t28-,30-,31+/m1/s1. The smallest absolute Gasteiger partial charge is 0.247 e. The summed E-state index contributed by atoms with van der Waals surface area (Å²) in [5.41, 5.74) is 4.00. The van der Waals surface area contributed by atoms with Crippen molar-refractivity contribution in [1.29, 1.82) is 0 Å². The molecule has 0 unspecified atom stereocenters. The van der Waals surface area contributed by atoms with Crippen LogP contribution in [0.1, 0.15) is 88.4 Å². The molecule has 1 aliphatic heterocycles. The maximum absolute atomic E-state index is 13.5. The number of likely N-dealkylation sites (tertiary alicyclic amines) is 1. The van der Waals surface area contributed by atoms with E-state index in [9.17, 15) is 9.90 Å². The van der Waals surface area contributed by atoms with Crippen molar-refractivity contribution in [3.63, 3.8) is 0 Å². The Hall–Kier alpha value is -2.59. The Morgan fingerprint density at radius 1 is 1.06 bits per heavy atom. The molecule has 1 saturated heterocycles. The lowest BCUT2D eigenvalue weighted by molar-refractivity contribution is -0.150. The Labute approximate surface area is 211 Å². The lowest BCUT2D eigenvalue weighted by Gasteiger charge is -2.52. The summed E-state index contributed by atoms with van der Waals surface area (Å²) in [4.78, 5) is 17.9. The molecule has 2 fully saturated rings. The zero-order chi connectivity index (χ0) is 25.0. The van der Waals surface area contributed by atoms with Crippen LogP contribution in [0, 0.1) is 5.92 Å². The van der Waals surface area contributed by atoms with Crippen LogP contribution in [-0.2, 0) is 4.79 Å². The van der Waals surface area contributed by atoms with Crippen molar-refractivity contribution in [3.8, 4) is 0 Å². The predicted molar refractivity (Wildman–Crippen MR) is 146 cm³/mol. The first kappa shape index (κ1) is 25.5. The highest BCUT2D eigenvalue weighted by Gasteiger charge is 2.49. The molecule has 3 atom stereocenters. The van der Waals surface area contributed by atoms with Crippen LogP contribution in [0.4, 0.5) is 5.69 Å². The number of hydrogen-bond donors (Lipinski definition) is 1. The number of hydrogen-bond acceptors (Lipinski definition) is 3. The van der Waals surface area contributed by atoms with E-state index in [4.69, 9.17) is 0 Å². The van der Waals surface area contributed by atoms with Gasteiger partial charge in [-0.25, -0.2) is 0 Å². The first-order chi connectivity index (χ1) is 16.9. The van der Waals surface area contributed by atoms with Crippen molar-refractivity contribution in [3.05, 3.63) is 71.3 Å². The van der Waals surface area contributed by atoms with E-state index < -0.39 is 5.60 Å². The lowest BCUT2D eigenvalue weighted by atomic mass is 9.66. The molecule has 0 radical (unpaired) electrons. The normalized spacial score (nSPS) is 24.6. The molecule has 2 aliphatic rings. The van der Waals surface area contributed by atoms with Crippen LogP contribution in [-0.4, -0.2) is 41.1 Å². The fraction of sp³-hybridized carbons (Fsp3) is 0.516. The van der Waals surface area contributed by atoms with E-state index in [0.717, 1.165) is 49.9 Å². The number of carbonyl (C=O) groups is 1. The highest BCUT2D eigenvalue weighted by Crippen LogP contribution is 2.49. The summed E-state index contributed by atoms with van der Waals surface area (Å²) in [7, 11) is 0. The first-order valence-electron chi connectivity index (χ1n) is 13.5. The molecule has 4 heteroatoms. The van der Waals surface area contributed by atoms with Crippen molar-refractivity contribution < 1.29 is 9.90 Å². The van der Waals surface area contributed by atoms with E-state index in [-0.39, 0.29) is 17.9 Å². The molecule has 188 valence electrons. The number of rotatable bonds is 7. The Bertz CT molecular complexity index is 1010. The fourth-order valence-corrected chi connectivity index (χ4v) is 6.07. The Morgan fingerprint density at radius 2 is 1.74 bits per heavy atom. The van der Waals surface area contributed by atoms with Crippen LogP contribution >= 0.6 is 0 Å². The molecular weight excluding hydrogens is 432 g/mol. The first-order valence-corrected chi connectivity index (χ1v) is 13.5. The summed E-state index contributed by atoms with van der Waals surface area (Å²) in [5.74, 6) is 0.599. The SMILES string of the molecule is CCN(CC)c1ccc([C@@H]2[C@H]3CCCC[C@]3(O)CCN2C(=O)C=Cc2ccc(C(C)C)cc2)cc1. The van der Waals surface area contributed by atoms with Gasteiger partial charge >= 0.3 is 0 Å². The van der Waals surface area contributed by atoms with Crippen molar-refractivity contribution in [2.45, 2.75) is 77.4 Å². The van der Waals surface area contributed by atoms with Gasteiger partial charge in [0.1, 0.15) is 0 Å². The number of benzene rings is 2. The third-order valence-electron chi connectivity index (χ3n) is 8.24. The molecule has 0 aromatic heterocycles. The van der Waals surface area contributed by atoms with Crippen LogP contribution in [0.15, 0.2) is 54.6 Å². The molecule has 1 heterocycles. The average molecular weight is 475 g/mol. The molecule has 4 nitrogen and oxygen atoms in total. The van der Waals surface area contributed by atoms with Gasteiger partial charge in [0.15, 0.2) is 0 Å². The number of amides is 1. The summed E-state index contributed by atoms with van der Waals surface area (Å²) >= 11 is 0. The van der Waals surface area contributed by atoms with Crippen LogP contribution in [0.2, 0.25) is 0 Å². The molecule has 2 aromatic carbocycles. The maximum Gasteiger partial charge on any atom is 0.247 e. The third-order valence-corrected chi connectivity index (χ3v) is 8.24. The highest BCUT2D eigenvalue weighted by atomic mass is 16.3. The van der Waals surface area contributed by atoms with Crippen LogP contribution in [0.5, 0.6) is 0 Å². The van der Waals surface area contributed by atoms with Crippen LogP contribution in [0.25, 0.3) is 6.08 Å². The topological polar surface area (TPSA) is 43.8 Å². The number of nitrogens with zero attached hydrogens (tertiary/aromatic N) is 2. The van der Waals surface area contributed by atoms with Crippen molar-refractivity contribution in [2.75, 3.05) is 24.5 Å². The fourth-order valence-electron chi connectivity index (χ4n) is 6.07. The minimum atomic E-state index is -0.673. The number of piperidine rings is 1. The average Bonchev–Trinajstić information content (AvgIpc) is 2.87. The molecule has 1 aliphatic carbocycles. The Balaban J connectivity index is 1.61. The van der Waals surface area contributed by atoms with Gasteiger partial charge in [-0.15, -0.1) is 0 Å². The van der Waals surface area contributed by atoms with E-state index in [2.05, 4.69) is 81.1 Å². The second kappa shape index (κ2) is 11.0. The molecule has 35 heavy (non-hydrogen) atoms. The van der Waals surface area contributed by atoms with E-state index in [0.29, 0.717) is 18.9 Å². The number of fused-ring (bicyclic) bond motifs is 1. The summed E-state index contributed by atoms with van der Waals surface area (Å²) in [6, 6.07) is 17.0. The highest BCUT2D eigenvalue weighted by molar-refractivity contribution is 5.92. The molecule has 1 amide bonds. The minimum absolute atomic E-state index is 0.0309. The zero-order valence-electron chi connectivity index (χ0n) is 21.9. The molecular formula is C31H42N2O2. The van der Waals surface area contributed by atoms with Crippen LogP contribution in [0.3, 0.4) is 0 Å². The second-order valence-corrected chi connectivity index (χ2v) is 10.6. The maximum atomic E-state index is 13.5. The van der Waals surface area contributed by atoms with E-state index in [1.807, 2.05) is 11.0 Å². The van der Waals surface area contributed by atoms with Crippen molar-refractivity contribution in [2.24, 2.45) is 5.92 Å². The van der Waals surface area contributed by atoms with Gasteiger partial charge in [-0.1, -0.05) is 63.1 Å². The summed E-state index contributed by atoms with van der Waals surface area (Å²) in [5, 5.41) is 11.6. The van der Waals surface area contributed by atoms with Gasteiger partial charge in [-0.05, 0) is 73.9 Å². The van der Waals surface area contributed by atoms with Gasteiger partial charge in [0.2, 0.25) is 5.91 Å². The molecule has 0 bridgehead atoms. The third kappa shape index (κ3) is 5.48.